The number of fused-ring (bicyclic) bond motifs is 2. The second kappa shape index (κ2) is 13.3. The SMILES string of the molecule is O=C(O)c1cccc2cccc(C(=O)Nc3ccc(SC(C(=O)Nc4ccc(-c5nc6ccccc6o5)cc4)c4ccccc4)cc3)c12. The summed E-state index contributed by atoms with van der Waals surface area (Å²) in [4.78, 5) is 44.2. The lowest BCUT2D eigenvalue weighted by Crippen LogP contribution is -2.19. The van der Waals surface area contributed by atoms with Crippen LogP contribution in [0.4, 0.5) is 11.4 Å². The van der Waals surface area contributed by atoms with Gasteiger partial charge in [-0.25, -0.2) is 9.78 Å². The molecule has 0 spiro atoms. The van der Waals surface area contributed by atoms with E-state index in [-0.39, 0.29) is 17.0 Å². The van der Waals surface area contributed by atoms with Crippen LogP contribution in [0.3, 0.4) is 0 Å². The van der Waals surface area contributed by atoms with Gasteiger partial charge in [0, 0.05) is 32.8 Å². The van der Waals surface area contributed by atoms with Crippen molar-refractivity contribution in [1.29, 1.82) is 0 Å². The maximum atomic E-state index is 13.7. The molecule has 3 N–H and O–H groups in total. The highest BCUT2D eigenvalue weighted by Crippen LogP contribution is 2.37. The number of amides is 2. The van der Waals surface area contributed by atoms with E-state index in [0.29, 0.717) is 33.6 Å². The third-order valence-corrected chi connectivity index (χ3v) is 9.05. The molecule has 48 heavy (non-hydrogen) atoms. The maximum Gasteiger partial charge on any atom is 0.336 e. The first-order valence-electron chi connectivity index (χ1n) is 15.1. The van der Waals surface area contributed by atoms with E-state index < -0.39 is 17.1 Å². The Morgan fingerprint density at radius 3 is 2.02 bits per heavy atom. The van der Waals surface area contributed by atoms with Crippen LogP contribution in [-0.4, -0.2) is 27.9 Å². The van der Waals surface area contributed by atoms with Gasteiger partial charge < -0.3 is 20.2 Å². The van der Waals surface area contributed by atoms with E-state index in [9.17, 15) is 19.5 Å². The molecule has 0 fully saturated rings. The fourth-order valence-corrected chi connectivity index (χ4v) is 6.48. The van der Waals surface area contributed by atoms with E-state index in [4.69, 9.17) is 4.42 Å². The number of carboxylic acid groups (broad SMARTS) is 1. The van der Waals surface area contributed by atoms with Crippen LogP contribution in [0.2, 0.25) is 0 Å². The topological polar surface area (TPSA) is 122 Å². The summed E-state index contributed by atoms with van der Waals surface area (Å²) in [5, 5.41) is 16.1. The first kappa shape index (κ1) is 30.5. The first-order chi connectivity index (χ1) is 23.4. The summed E-state index contributed by atoms with van der Waals surface area (Å²) in [6, 6.07) is 41.7. The number of oxazole rings is 1. The van der Waals surface area contributed by atoms with Gasteiger partial charge >= 0.3 is 5.97 Å². The maximum absolute atomic E-state index is 13.7. The fourth-order valence-electron chi connectivity index (χ4n) is 5.46. The Morgan fingerprint density at radius 1 is 0.667 bits per heavy atom. The van der Waals surface area contributed by atoms with Gasteiger partial charge in [-0.2, -0.15) is 0 Å². The molecule has 6 aromatic carbocycles. The summed E-state index contributed by atoms with van der Waals surface area (Å²) < 4.78 is 5.87. The molecule has 7 aromatic rings. The number of carbonyl (C=O) groups is 3. The predicted octanol–water partition coefficient (Wildman–Crippen LogP) is 9.07. The standard InChI is InChI=1S/C39H27N3O5S/c43-36(30-12-6-10-24-11-7-13-31(34(24)30)39(45)46)40-28-20-22-29(23-21-28)48-35(25-8-2-1-3-9-25)37(44)41-27-18-16-26(17-19-27)38-42-32-14-4-5-15-33(32)47-38/h1-23,35H,(H,40,43)(H,41,44)(H,45,46). The molecule has 2 amide bonds. The Kier molecular flexibility index (Phi) is 8.42. The van der Waals surface area contributed by atoms with Crippen molar-refractivity contribution in [2.24, 2.45) is 0 Å². The zero-order valence-corrected chi connectivity index (χ0v) is 26.1. The molecule has 8 nitrogen and oxygen atoms in total. The van der Waals surface area contributed by atoms with Crippen molar-refractivity contribution in [2.45, 2.75) is 10.1 Å². The third-order valence-electron chi connectivity index (χ3n) is 7.78. The van der Waals surface area contributed by atoms with E-state index in [1.165, 1.54) is 17.8 Å². The number of carbonyl (C=O) groups excluding carboxylic acids is 2. The molecule has 0 aliphatic carbocycles. The summed E-state index contributed by atoms with van der Waals surface area (Å²) in [7, 11) is 0. The molecular weight excluding hydrogens is 623 g/mol. The first-order valence-corrected chi connectivity index (χ1v) is 16.0. The number of aromatic carboxylic acids is 1. The number of aromatic nitrogens is 1. The van der Waals surface area contributed by atoms with E-state index in [0.717, 1.165) is 21.5 Å². The van der Waals surface area contributed by atoms with Crippen LogP contribution in [0.5, 0.6) is 0 Å². The summed E-state index contributed by atoms with van der Waals surface area (Å²) in [6.45, 7) is 0. The molecule has 1 heterocycles. The highest BCUT2D eigenvalue weighted by atomic mass is 32.2. The number of nitrogens with one attached hydrogen (secondary N) is 2. The van der Waals surface area contributed by atoms with E-state index in [1.807, 2.05) is 91.0 Å². The summed E-state index contributed by atoms with van der Waals surface area (Å²) in [5.41, 5.74) is 4.64. The molecule has 1 atom stereocenters. The van der Waals surface area contributed by atoms with Crippen molar-refractivity contribution in [3.05, 3.63) is 156 Å². The quantitative estimate of drug-likeness (QED) is 0.133. The minimum atomic E-state index is -1.10. The van der Waals surface area contributed by atoms with Gasteiger partial charge in [0.1, 0.15) is 10.8 Å². The molecule has 0 saturated heterocycles. The highest BCUT2D eigenvalue weighted by Gasteiger charge is 2.23. The number of carboxylic acids is 1. The lowest BCUT2D eigenvalue weighted by Gasteiger charge is -2.17. The van der Waals surface area contributed by atoms with Gasteiger partial charge in [-0.05, 0) is 83.7 Å². The van der Waals surface area contributed by atoms with E-state index in [2.05, 4.69) is 15.6 Å². The molecule has 0 saturated carbocycles. The third kappa shape index (κ3) is 6.40. The van der Waals surface area contributed by atoms with E-state index >= 15 is 0 Å². The summed E-state index contributed by atoms with van der Waals surface area (Å²) in [5.74, 6) is -1.20. The Labute approximate surface area is 279 Å². The van der Waals surface area contributed by atoms with Crippen LogP contribution in [0, 0.1) is 0 Å². The lowest BCUT2D eigenvalue weighted by molar-refractivity contribution is -0.115. The van der Waals surface area contributed by atoms with Crippen LogP contribution in [-0.2, 0) is 4.79 Å². The van der Waals surface area contributed by atoms with Crippen molar-refractivity contribution in [3.63, 3.8) is 0 Å². The Morgan fingerprint density at radius 2 is 1.31 bits per heavy atom. The molecule has 234 valence electrons. The number of thioether (sulfide) groups is 1. The summed E-state index contributed by atoms with van der Waals surface area (Å²) >= 11 is 1.39. The second-order valence-electron chi connectivity index (χ2n) is 11.0. The second-order valence-corrected chi connectivity index (χ2v) is 12.1. The summed E-state index contributed by atoms with van der Waals surface area (Å²) in [6.07, 6.45) is 0. The van der Waals surface area contributed by atoms with Gasteiger partial charge in [-0.15, -0.1) is 11.8 Å². The van der Waals surface area contributed by atoms with Crippen LogP contribution < -0.4 is 10.6 Å². The number of rotatable bonds is 9. The Balaban J connectivity index is 1.07. The molecule has 0 bridgehead atoms. The number of hydrogen-bond donors (Lipinski definition) is 3. The lowest BCUT2D eigenvalue weighted by atomic mass is 9.98. The van der Waals surface area contributed by atoms with Gasteiger partial charge in [0.05, 0.1) is 5.56 Å². The molecule has 0 aliphatic heterocycles. The van der Waals surface area contributed by atoms with Crippen LogP contribution >= 0.6 is 11.8 Å². The number of nitrogens with zero attached hydrogens (tertiary/aromatic N) is 1. The van der Waals surface area contributed by atoms with Gasteiger partial charge in [0.15, 0.2) is 5.58 Å². The zero-order valence-electron chi connectivity index (χ0n) is 25.3. The average molecular weight is 650 g/mol. The van der Waals surface area contributed by atoms with Gasteiger partial charge in [-0.1, -0.05) is 66.7 Å². The fraction of sp³-hybridized carbons (Fsp3) is 0.0256. The highest BCUT2D eigenvalue weighted by molar-refractivity contribution is 8.00. The van der Waals surface area contributed by atoms with Gasteiger partial charge in [0.2, 0.25) is 11.8 Å². The van der Waals surface area contributed by atoms with Crippen LogP contribution in [0.15, 0.2) is 149 Å². The molecule has 0 aliphatic rings. The minimum absolute atomic E-state index is 0.0642. The smallest absolute Gasteiger partial charge is 0.336 e. The molecule has 1 unspecified atom stereocenters. The van der Waals surface area contributed by atoms with Crippen molar-refractivity contribution in [1.82, 2.24) is 4.98 Å². The Hall–Kier alpha value is -6.19. The van der Waals surface area contributed by atoms with Gasteiger partial charge in [-0.3, -0.25) is 9.59 Å². The van der Waals surface area contributed by atoms with Crippen molar-refractivity contribution in [2.75, 3.05) is 10.6 Å². The predicted molar refractivity (Wildman–Crippen MR) is 188 cm³/mol. The number of hydrogen-bond acceptors (Lipinski definition) is 6. The Bertz CT molecular complexity index is 2250. The number of benzene rings is 6. The van der Waals surface area contributed by atoms with Crippen LogP contribution in [0.1, 0.15) is 31.5 Å². The molecule has 1 aromatic heterocycles. The van der Waals surface area contributed by atoms with Crippen LogP contribution in [0.25, 0.3) is 33.3 Å². The normalized spacial score (nSPS) is 11.7. The molecule has 9 heteroatoms. The molecule has 0 radical (unpaired) electrons. The van der Waals surface area contributed by atoms with Crippen molar-refractivity contribution < 1.29 is 23.9 Å². The largest absolute Gasteiger partial charge is 0.478 e. The van der Waals surface area contributed by atoms with Crippen molar-refractivity contribution >= 4 is 62.8 Å². The van der Waals surface area contributed by atoms with Crippen molar-refractivity contribution in [3.8, 4) is 11.5 Å². The monoisotopic (exact) mass is 649 g/mol. The number of anilines is 2. The van der Waals surface area contributed by atoms with Gasteiger partial charge in [0.25, 0.3) is 5.91 Å². The number of para-hydroxylation sites is 2. The average Bonchev–Trinajstić information content (AvgIpc) is 3.56. The van der Waals surface area contributed by atoms with E-state index in [1.54, 1.807) is 42.5 Å². The molecular formula is C39H27N3O5S. The zero-order chi connectivity index (χ0) is 33.0. The molecule has 7 rings (SSSR count). The minimum Gasteiger partial charge on any atom is -0.478 e.